The van der Waals surface area contributed by atoms with Gasteiger partial charge < -0.3 is 20.5 Å². The number of benzene rings is 1. The van der Waals surface area contributed by atoms with Crippen molar-refractivity contribution in [3.63, 3.8) is 0 Å². The van der Waals surface area contributed by atoms with Gasteiger partial charge in [-0.15, -0.1) is 0 Å². The second-order valence-electron chi connectivity index (χ2n) is 3.40. The first-order valence-electron chi connectivity index (χ1n) is 5.09. The Hall–Kier alpha value is -1.60. The maximum absolute atomic E-state index is 11.5. The van der Waals surface area contributed by atoms with Crippen molar-refractivity contribution >= 4 is 33.6 Å². The molecule has 1 aromatic rings. The van der Waals surface area contributed by atoms with E-state index in [1.54, 1.807) is 24.3 Å². The molecule has 18 heavy (non-hydrogen) atoms. The summed E-state index contributed by atoms with van der Waals surface area (Å²) in [7, 11) is 1.27. The zero-order chi connectivity index (χ0) is 13.5. The maximum atomic E-state index is 11.5. The minimum atomic E-state index is -1.12. The summed E-state index contributed by atoms with van der Waals surface area (Å²) in [5, 5.41) is 13.7. The number of carbonyl (C=O) groups is 2. The van der Waals surface area contributed by atoms with Crippen LogP contribution in [0.4, 0.5) is 10.5 Å². The van der Waals surface area contributed by atoms with E-state index >= 15 is 0 Å². The first-order chi connectivity index (χ1) is 8.52. The van der Waals surface area contributed by atoms with Crippen molar-refractivity contribution in [1.29, 1.82) is 0 Å². The third-order valence-electron chi connectivity index (χ3n) is 2.11. The van der Waals surface area contributed by atoms with Crippen molar-refractivity contribution in [1.82, 2.24) is 5.32 Å². The Labute approximate surface area is 112 Å². The van der Waals surface area contributed by atoms with E-state index in [1.807, 2.05) is 0 Å². The van der Waals surface area contributed by atoms with Gasteiger partial charge in [-0.3, -0.25) is 0 Å². The molecule has 2 amide bonds. The molecule has 0 aliphatic heterocycles. The van der Waals surface area contributed by atoms with Gasteiger partial charge in [-0.1, -0.05) is 15.9 Å². The smallest absolute Gasteiger partial charge is 0.334 e. The van der Waals surface area contributed by atoms with Gasteiger partial charge in [0.2, 0.25) is 0 Å². The third kappa shape index (κ3) is 4.72. The third-order valence-corrected chi connectivity index (χ3v) is 2.64. The highest BCUT2D eigenvalue weighted by Crippen LogP contribution is 2.13. The zero-order valence-corrected chi connectivity index (χ0v) is 11.2. The number of carboxylic acids is 1. The second kappa shape index (κ2) is 6.97. The van der Waals surface area contributed by atoms with E-state index in [9.17, 15) is 9.59 Å². The molecule has 0 aromatic heterocycles. The molecular weight excluding hydrogens is 304 g/mol. The Morgan fingerprint density at radius 2 is 2.00 bits per heavy atom. The quantitative estimate of drug-likeness (QED) is 0.771. The fraction of sp³-hybridized carbons (Fsp3) is 0.273. The topological polar surface area (TPSA) is 87.7 Å². The minimum Gasteiger partial charge on any atom is -0.479 e. The summed E-state index contributed by atoms with van der Waals surface area (Å²) in [4.78, 5) is 22.1. The summed E-state index contributed by atoms with van der Waals surface area (Å²) in [5.74, 6) is -1.12. The van der Waals surface area contributed by atoms with Crippen molar-refractivity contribution in [2.75, 3.05) is 19.0 Å². The Kier molecular flexibility index (Phi) is 5.60. The number of carbonyl (C=O) groups excluding carboxylic acids is 1. The lowest BCUT2D eigenvalue weighted by Crippen LogP contribution is -2.39. The van der Waals surface area contributed by atoms with Crippen LogP contribution in [0.5, 0.6) is 0 Å². The maximum Gasteiger partial charge on any atom is 0.334 e. The van der Waals surface area contributed by atoms with Crippen LogP contribution in [0.3, 0.4) is 0 Å². The summed E-state index contributed by atoms with van der Waals surface area (Å²) >= 11 is 3.28. The average Bonchev–Trinajstić information content (AvgIpc) is 2.32. The van der Waals surface area contributed by atoms with Crippen molar-refractivity contribution in [2.45, 2.75) is 6.10 Å². The fourth-order valence-corrected chi connectivity index (χ4v) is 1.43. The van der Waals surface area contributed by atoms with Crippen LogP contribution in [-0.2, 0) is 9.53 Å². The molecule has 1 rings (SSSR count). The van der Waals surface area contributed by atoms with Gasteiger partial charge in [-0.25, -0.2) is 9.59 Å². The molecule has 0 fully saturated rings. The summed E-state index contributed by atoms with van der Waals surface area (Å²) in [5.41, 5.74) is 0.611. The molecule has 0 saturated carbocycles. The summed E-state index contributed by atoms with van der Waals surface area (Å²) in [6.07, 6.45) is -1.05. The number of anilines is 1. The number of urea groups is 1. The van der Waals surface area contributed by atoms with E-state index in [2.05, 4.69) is 31.3 Å². The molecular formula is C11H13BrN2O4. The molecule has 0 spiro atoms. The first-order valence-corrected chi connectivity index (χ1v) is 5.88. The molecule has 0 aliphatic rings. The number of ether oxygens (including phenoxy) is 1. The van der Waals surface area contributed by atoms with E-state index < -0.39 is 18.1 Å². The number of halogens is 1. The molecule has 98 valence electrons. The molecule has 6 nitrogen and oxygen atoms in total. The highest BCUT2D eigenvalue weighted by molar-refractivity contribution is 9.10. The largest absolute Gasteiger partial charge is 0.479 e. The number of amides is 2. The number of hydrogen-bond donors (Lipinski definition) is 3. The summed E-state index contributed by atoms with van der Waals surface area (Å²) < 4.78 is 5.58. The summed E-state index contributed by atoms with van der Waals surface area (Å²) in [6.45, 7) is -0.103. The number of hydrogen-bond acceptors (Lipinski definition) is 3. The molecule has 1 unspecified atom stereocenters. The monoisotopic (exact) mass is 316 g/mol. The highest BCUT2D eigenvalue weighted by atomic mass is 79.9. The Bertz CT molecular complexity index is 422. The van der Waals surface area contributed by atoms with Gasteiger partial charge >= 0.3 is 12.0 Å². The lowest BCUT2D eigenvalue weighted by molar-refractivity contribution is -0.147. The van der Waals surface area contributed by atoms with Gasteiger partial charge in [0.25, 0.3) is 0 Å². The van der Waals surface area contributed by atoms with Crippen molar-refractivity contribution in [2.24, 2.45) is 0 Å². The normalized spacial score (nSPS) is 11.7. The van der Waals surface area contributed by atoms with Gasteiger partial charge in [-0.05, 0) is 24.3 Å². The van der Waals surface area contributed by atoms with E-state index in [0.717, 1.165) is 4.47 Å². The SMILES string of the molecule is COC(CNC(=O)Nc1ccc(Br)cc1)C(=O)O. The Balaban J connectivity index is 2.42. The van der Waals surface area contributed by atoms with Crippen LogP contribution in [0.2, 0.25) is 0 Å². The molecule has 3 N–H and O–H groups in total. The fourth-order valence-electron chi connectivity index (χ4n) is 1.17. The number of aliphatic carboxylic acids is 1. The van der Waals surface area contributed by atoms with E-state index in [1.165, 1.54) is 7.11 Å². The van der Waals surface area contributed by atoms with Crippen molar-refractivity contribution in [3.05, 3.63) is 28.7 Å². The molecule has 0 saturated heterocycles. The lowest BCUT2D eigenvalue weighted by atomic mass is 10.3. The van der Waals surface area contributed by atoms with E-state index in [4.69, 9.17) is 5.11 Å². The lowest BCUT2D eigenvalue weighted by Gasteiger charge is -2.12. The van der Waals surface area contributed by atoms with Gasteiger partial charge in [-0.2, -0.15) is 0 Å². The van der Waals surface area contributed by atoms with E-state index in [0.29, 0.717) is 5.69 Å². The van der Waals surface area contributed by atoms with Gasteiger partial charge in [0, 0.05) is 17.3 Å². The van der Waals surface area contributed by atoms with Crippen LogP contribution in [0.25, 0.3) is 0 Å². The van der Waals surface area contributed by atoms with Crippen LogP contribution in [0.1, 0.15) is 0 Å². The molecule has 7 heteroatoms. The summed E-state index contributed by atoms with van der Waals surface area (Å²) in [6, 6.07) is 6.51. The van der Waals surface area contributed by atoms with Gasteiger partial charge in [0.05, 0.1) is 6.54 Å². The number of nitrogens with one attached hydrogen (secondary N) is 2. The van der Waals surface area contributed by atoms with E-state index in [-0.39, 0.29) is 6.54 Å². The van der Waals surface area contributed by atoms with Crippen molar-refractivity contribution < 1.29 is 19.4 Å². The van der Waals surface area contributed by atoms with Crippen LogP contribution in [0, 0.1) is 0 Å². The Morgan fingerprint density at radius 3 is 2.50 bits per heavy atom. The molecule has 0 heterocycles. The van der Waals surface area contributed by atoms with Crippen LogP contribution >= 0.6 is 15.9 Å². The highest BCUT2D eigenvalue weighted by Gasteiger charge is 2.16. The minimum absolute atomic E-state index is 0.103. The molecule has 0 aliphatic carbocycles. The predicted octanol–water partition coefficient (Wildman–Crippen LogP) is 1.67. The standard InChI is InChI=1S/C11H13BrN2O4/c1-18-9(10(15)16)6-13-11(17)14-8-4-2-7(12)3-5-8/h2-5,9H,6H2,1H3,(H,15,16)(H2,13,14,17). The van der Waals surface area contributed by atoms with Crippen LogP contribution in [-0.4, -0.2) is 36.9 Å². The number of carboxylic acid groups (broad SMARTS) is 1. The Morgan fingerprint density at radius 1 is 1.39 bits per heavy atom. The molecule has 0 radical (unpaired) electrons. The van der Waals surface area contributed by atoms with Crippen molar-refractivity contribution in [3.8, 4) is 0 Å². The van der Waals surface area contributed by atoms with Crippen LogP contribution in [0.15, 0.2) is 28.7 Å². The predicted molar refractivity (Wildman–Crippen MR) is 69.6 cm³/mol. The number of methoxy groups -OCH3 is 1. The average molecular weight is 317 g/mol. The second-order valence-corrected chi connectivity index (χ2v) is 4.32. The number of rotatable bonds is 5. The van der Waals surface area contributed by atoms with Gasteiger partial charge in [0.15, 0.2) is 6.10 Å². The molecule has 1 atom stereocenters. The zero-order valence-electron chi connectivity index (χ0n) is 9.64. The van der Waals surface area contributed by atoms with Crippen LogP contribution < -0.4 is 10.6 Å². The van der Waals surface area contributed by atoms with Gasteiger partial charge in [0.1, 0.15) is 0 Å². The molecule has 0 bridgehead atoms. The molecule has 1 aromatic carbocycles. The first kappa shape index (κ1) is 14.5.